The van der Waals surface area contributed by atoms with E-state index in [1.54, 1.807) is 64.1 Å². The Bertz CT molecular complexity index is 1730. The van der Waals surface area contributed by atoms with Crippen LogP contribution in [0.25, 0.3) is 0 Å². The number of nitrogens with one attached hydrogen (secondary N) is 6. The molecule has 4 atom stereocenters. The standard InChI is InChI=1S/C22H32ClN3O5.C20H30ClN3O4/c1-5-30-19(27)12-14-10-11-15(13-16(14)23)24-20(28)25-17-8-6-7-9-18(17)26-21(29)31-22(2,3)4;1-20(2,3)28-19(27)24-17-7-5-4-6-16(17)23-18(26)22-14-9-8-13(10-11-25)15(21)12-14/h10-11,13,17-18H,5-9,12H2,1-4H3,(H,26,29)(H2,24,25,28);8-9,12,16-17,25H,4-7,10-11H2,1-3H3,(H,24,27)(H2,22,23,26). The molecule has 2 saturated carbocycles. The van der Waals surface area contributed by atoms with Crippen molar-refractivity contribution in [3.8, 4) is 0 Å². The summed E-state index contributed by atoms with van der Waals surface area (Å²) in [5.74, 6) is -0.358. The fraction of sp³-hybridized carbons (Fsp3) is 0.595. The van der Waals surface area contributed by atoms with Gasteiger partial charge in [0.2, 0.25) is 0 Å². The van der Waals surface area contributed by atoms with E-state index in [0.717, 1.165) is 56.9 Å². The van der Waals surface area contributed by atoms with Gasteiger partial charge in [-0.2, -0.15) is 0 Å². The lowest BCUT2D eigenvalue weighted by molar-refractivity contribution is -0.142. The van der Waals surface area contributed by atoms with Crippen LogP contribution in [0.2, 0.25) is 10.0 Å². The second-order valence-electron chi connectivity index (χ2n) is 16.6. The molecule has 4 unspecified atom stereocenters. The number of hydrogen-bond acceptors (Lipinski definition) is 9. The van der Waals surface area contributed by atoms with E-state index in [2.05, 4.69) is 31.9 Å². The zero-order chi connectivity index (χ0) is 43.8. The highest BCUT2D eigenvalue weighted by molar-refractivity contribution is 6.32. The summed E-state index contributed by atoms with van der Waals surface area (Å²) in [5, 5.41) is 27.0. The van der Waals surface area contributed by atoms with E-state index in [1.165, 1.54) is 0 Å². The maximum absolute atomic E-state index is 12.5. The lowest BCUT2D eigenvalue weighted by Crippen LogP contribution is -2.54. The molecule has 17 heteroatoms. The zero-order valence-corrected chi connectivity index (χ0v) is 36.7. The van der Waals surface area contributed by atoms with Gasteiger partial charge < -0.3 is 51.2 Å². The molecule has 0 aromatic heterocycles. The van der Waals surface area contributed by atoms with Crippen molar-refractivity contribution in [1.29, 1.82) is 0 Å². The number of alkyl carbamates (subject to hydrolysis) is 2. The van der Waals surface area contributed by atoms with E-state index in [1.807, 2.05) is 20.8 Å². The molecule has 0 radical (unpaired) electrons. The van der Waals surface area contributed by atoms with Gasteiger partial charge >= 0.3 is 30.2 Å². The van der Waals surface area contributed by atoms with Crippen LogP contribution >= 0.6 is 23.2 Å². The maximum atomic E-state index is 12.5. The first kappa shape index (κ1) is 48.9. The molecule has 2 aromatic carbocycles. The summed E-state index contributed by atoms with van der Waals surface area (Å²) in [5.41, 5.74) is 1.36. The fourth-order valence-corrected chi connectivity index (χ4v) is 7.15. The Labute approximate surface area is 357 Å². The van der Waals surface area contributed by atoms with Gasteiger partial charge in [-0.05, 0) is 116 Å². The molecule has 0 aliphatic heterocycles. The predicted molar refractivity (Wildman–Crippen MR) is 229 cm³/mol. The van der Waals surface area contributed by atoms with E-state index in [0.29, 0.717) is 40.0 Å². The summed E-state index contributed by atoms with van der Waals surface area (Å²) in [4.78, 5) is 60.8. The Morgan fingerprint density at radius 2 is 1.03 bits per heavy atom. The van der Waals surface area contributed by atoms with Crippen LogP contribution in [0.3, 0.4) is 0 Å². The number of benzene rings is 2. The van der Waals surface area contributed by atoms with Crippen LogP contribution in [-0.4, -0.2) is 83.9 Å². The van der Waals surface area contributed by atoms with Gasteiger partial charge in [-0.1, -0.05) is 61.0 Å². The number of rotatable bonds is 11. The molecule has 7 N–H and O–H groups in total. The highest BCUT2D eigenvalue weighted by Crippen LogP contribution is 2.25. The molecule has 2 fully saturated rings. The molecule has 15 nitrogen and oxygen atoms in total. The van der Waals surface area contributed by atoms with E-state index < -0.39 is 29.4 Å². The largest absolute Gasteiger partial charge is 0.466 e. The maximum Gasteiger partial charge on any atom is 0.407 e. The van der Waals surface area contributed by atoms with E-state index in [9.17, 15) is 24.0 Å². The third kappa shape index (κ3) is 18.6. The van der Waals surface area contributed by atoms with Crippen LogP contribution in [0.5, 0.6) is 0 Å². The molecule has 2 aliphatic carbocycles. The highest BCUT2D eigenvalue weighted by Gasteiger charge is 2.31. The van der Waals surface area contributed by atoms with Gasteiger partial charge in [0, 0.05) is 28.0 Å². The highest BCUT2D eigenvalue weighted by atomic mass is 35.5. The van der Waals surface area contributed by atoms with Crippen molar-refractivity contribution >= 4 is 64.8 Å². The van der Waals surface area contributed by atoms with Crippen molar-refractivity contribution in [2.45, 2.75) is 148 Å². The number of hydrogen-bond donors (Lipinski definition) is 7. The molecule has 0 spiro atoms. The van der Waals surface area contributed by atoms with Crippen LogP contribution in [0, 0.1) is 0 Å². The van der Waals surface area contributed by atoms with Crippen molar-refractivity contribution in [3.63, 3.8) is 0 Å². The first-order valence-electron chi connectivity index (χ1n) is 20.2. The van der Waals surface area contributed by atoms with Gasteiger partial charge in [0.1, 0.15) is 11.2 Å². The Hall–Kier alpha value is -4.47. The quantitative estimate of drug-likeness (QED) is 0.0857. The summed E-state index contributed by atoms with van der Waals surface area (Å²) < 4.78 is 15.6. The molecule has 2 aromatic rings. The molecule has 0 saturated heterocycles. The summed E-state index contributed by atoms with van der Waals surface area (Å²) in [7, 11) is 0. The second-order valence-corrected chi connectivity index (χ2v) is 17.4. The Morgan fingerprint density at radius 1 is 0.644 bits per heavy atom. The smallest absolute Gasteiger partial charge is 0.407 e. The minimum atomic E-state index is -0.586. The number of urea groups is 2. The lowest BCUT2D eigenvalue weighted by Gasteiger charge is -2.33. The van der Waals surface area contributed by atoms with Crippen LogP contribution in [0.1, 0.15) is 111 Å². The van der Waals surface area contributed by atoms with Crippen LogP contribution in [0.4, 0.5) is 30.6 Å². The average Bonchev–Trinajstić information content (AvgIpc) is 3.11. The van der Waals surface area contributed by atoms with Crippen LogP contribution in [0.15, 0.2) is 36.4 Å². The molecular formula is C42H62Cl2N6O9. The molecule has 6 amide bonds. The van der Waals surface area contributed by atoms with E-state index in [4.69, 9.17) is 42.5 Å². The van der Waals surface area contributed by atoms with E-state index >= 15 is 0 Å². The molecule has 328 valence electrons. The molecule has 59 heavy (non-hydrogen) atoms. The Morgan fingerprint density at radius 3 is 1.39 bits per heavy atom. The Balaban J connectivity index is 0.000000317. The van der Waals surface area contributed by atoms with Crippen molar-refractivity contribution in [3.05, 3.63) is 57.6 Å². The number of carbonyl (C=O) groups excluding carboxylic acids is 5. The predicted octanol–water partition coefficient (Wildman–Crippen LogP) is 8.24. The molecule has 2 aliphatic rings. The number of amides is 6. The first-order valence-corrected chi connectivity index (χ1v) is 21.0. The Kier molecular flexibility index (Phi) is 19.4. The van der Waals surface area contributed by atoms with Crippen LogP contribution < -0.4 is 31.9 Å². The molecule has 0 heterocycles. The molecular weight excluding hydrogens is 803 g/mol. The average molecular weight is 866 g/mol. The van der Waals surface area contributed by atoms with Crippen molar-refractivity contribution in [1.82, 2.24) is 21.3 Å². The van der Waals surface area contributed by atoms with Gasteiger partial charge in [-0.15, -0.1) is 0 Å². The van der Waals surface area contributed by atoms with Crippen molar-refractivity contribution in [2.75, 3.05) is 23.8 Å². The van der Waals surface area contributed by atoms with Crippen molar-refractivity contribution in [2.24, 2.45) is 0 Å². The number of esters is 1. The second kappa shape index (κ2) is 23.4. The number of carbonyl (C=O) groups is 5. The minimum absolute atomic E-state index is 0.0146. The number of aliphatic hydroxyl groups excluding tert-OH is 1. The summed E-state index contributed by atoms with van der Waals surface area (Å²) >= 11 is 12.4. The zero-order valence-electron chi connectivity index (χ0n) is 35.2. The van der Waals surface area contributed by atoms with Crippen LogP contribution in [-0.2, 0) is 31.8 Å². The van der Waals surface area contributed by atoms with Crippen molar-refractivity contribution < 1.29 is 43.3 Å². The van der Waals surface area contributed by atoms with Gasteiger partial charge in [-0.25, -0.2) is 19.2 Å². The number of ether oxygens (including phenoxy) is 3. The van der Waals surface area contributed by atoms with Gasteiger partial charge in [0.15, 0.2) is 0 Å². The monoisotopic (exact) mass is 864 g/mol. The SMILES string of the molecule is CC(C)(C)OC(=O)NC1CCCCC1NC(=O)Nc1ccc(CCO)c(Cl)c1.CCOC(=O)Cc1ccc(NC(=O)NC2CCCCC2NC(=O)OC(C)(C)C)cc1Cl. The van der Waals surface area contributed by atoms with E-state index in [-0.39, 0.29) is 49.2 Å². The number of aliphatic hydroxyl groups is 1. The molecule has 4 rings (SSSR count). The summed E-state index contributed by atoms with van der Waals surface area (Å²) in [6, 6.07) is 8.62. The minimum Gasteiger partial charge on any atom is -0.466 e. The normalized spacial score (nSPS) is 19.1. The van der Waals surface area contributed by atoms with Gasteiger partial charge in [0.05, 0.1) is 37.2 Å². The summed E-state index contributed by atoms with van der Waals surface area (Å²) in [6.45, 7) is 12.9. The van der Waals surface area contributed by atoms with Gasteiger partial charge in [-0.3, -0.25) is 4.79 Å². The lowest BCUT2D eigenvalue weighted by atomic mass is 9.90. The topological polar surface area (TPSA) is 205 Å². The fourth-order valence-electron chi connectivity index (χ4n) is 6.63. The molecule has 0 bridgehead atoms. The first-order chi connectivity index (χ1) is 27.7. The number of anilines is 2. The number of halogens is 2. The third-order valence-corrected chi connectivity index (χ3v) is 9.92. The third-order valence-electron chi connectivity index (χ3n) is 9.21. The van der Waals surface area contributed by atoms with Gasteiger partial charge in [0.25, 0.3) is 0 Å². The summed E-state index contributed by atoms with van der Waals surface area (Å²) in [6.07, 6.45) is 6.56.